The maximum absolute atomic E-state index is 12.1. The number of nitrogens with zero attached hydrogens (tertiary/aromatic N) is 5. The van der Waals surface area contributed by atoms with E-state index in [0.29, 0.717) is 22.5 Å². The van der Waals surface area contributed by atoms with Crippen LogP contribution in [0.2, 0.25) is 0 Å². The van der Waals surface area contributed by atoms with E-state index in [1.165, 1.54) is 23.1 Å². The molecule has 0 spiro atoms. The van der Waals surface area contributed by atoms with Crippen molar-refractivity contribution in [1.29, 1.82) is 0 Å². The summed E-state index contributed by atoms with van der Waals surface area (Å²) in [5.74, 6) is 0.855. The highest BCUT2D eigenvalue weighted by Crippen LogP contribution is 2.23. The van der Waals surface area contributed by atoms with Crippen molar-refractivity contribution in [2.75, 3.05) is 17.7 Å². The van der Waals surface area contributed by atoms with Crippen molar-refractivity contribution >= 4 is 39.8 Å². The first-order valence-electron chi connectivity index (χ1n) is 8.51. The molecule has 142 valence electrons. The number of hydrogen-bond donors (Lipinski definition) is 1. The number of thiazole rings is 1. The van der Waals surface area contributed by atoms with E-state index in [0.717, 1.165) is 17.0 Å². The fourth-order valence-corrected chi connectivity index (χ4v) is 3.71. The zero-order valence-corrected chi connectivity index (χ0v) is 16.5. The number of ether oxygens (including phenoxy) is 1. The van der Waals surface area contributed by atoms with Crippen LogP contribution in [0.1, 0.15) is 6.92 Å². The minimum atomic E-state index is -0.153. The Morgan fingerprint density at radius 1 is 1.21 bits per heavy atom. The Kier molecular flexibility index (Phi) is 5.49. The summed E-state index contributed by atoms with van der Waals surface area (Å²) in [5.41, 5.74) is 2.36. The van der Waals surface area contributed by atoms with E-state index in [9.17, 15) is 4.79 Å². The predicted octanol–water partition coefficient (Wildman–Crippen LogP) is 3.38. The van der Waals surface area contributed by atoms with Crippen molar-refractivity contribution in [3.63, 3.8) is 0 Å². The number of amides is 1. The SMILES string of the molecule is CCOc1ccc(-c2ccc3nnc(SCC(=O)Nc4nccs4)n3n2)cc1. The zero-order valence-electron chi connectivity index (χ0n) is 14.9. The summed E-state index contributed by atoms with van der Waals surface area (Å²) in [6.07, 6.45) is 1.64. The molecule has 0 atom stereocenters. The average molecular weight is 413 g/mol. The first kappa shape index (κ1) is 18.4. The van der Waals surface area contributed by atoms with E-state index in [2.05, 4.69) is 25.6 Å². The van der Waals surface area contributed by atoms with Gasteiger partial charge in [-0.1, -0.05) is 11.8 Å². The summed E-state index contributed by atoms with van der Waals surface area (Å²) in [6.45, 7) is 2.58. The van der Waals surface area contributed by atoms with Gasteiger partial charge in [-0.2, -0.15) is 9.61 Å². The van der Waals surface area contributed by atoms with E-state index in [-0.39, 0.29) is 11.7 Å². The number of nitrogens with one attached hydrogen (secondary N) is 1. The largest absolute Gasteiger partial charge is 0.494 e. The van der Waals surface area contributed by atoms with Crippen LogP contribution < -0.4 is 10.1 Å². The van der Waals surface area contributed by atoms with Crippen LogP contribution in [0.5, 0.6) is 5.75 Å². The zero-order chi connectivity index (χ0) is 19.3. The molecule has 0 saturated carbocycles. The molecule has 3 heterocycles. The van der Waals surface area contributed by atoms with Crippen LogP contribution in [-0.2, 0) is 4.79 Å². The number of benzene rings is 1. The third-order valence-electron chi connectivity index (χ3n) is 3.71. The van der Waals surface area contributed by atoms with E-state index in [4.69, 9.17) is 4.74 Å². The molecule has 10 heteroatoms. The Labute approximate surface area is 169 Å². The third-order valence-corrected chi connectivity index (χ3v) is 5.31. The highest BCUT2D eigenvalue weighted by molar-refractivity contribution is 7.99. The summed E-state index contributed by atoms with van der Waals surface area (Å²) in [5, 5.41) is 18.6. The summed E-state index contributed by atoms with van der Waals surface area (Å²) in [7, 11) is 0. The smallest absolute Gasteiger partial charge is 0.236 e. The maximum atomic E-state index is 12.1. The number of aromatic nitrogens is 5. The van der Waals surface area contributed by atoms with Gasteiger partial charge in [0.2, 0.25) is 11.1 Å². The van der Waals surface area contributed by atoms with Gasteiger partial charge < -0.3 is 10.1 Å². The van der Waals surface area contributed by atoms with Crippen molar-refractivity contribution in [1.82, 2.24) is 24.8 Å². The summed E-state index contributed by atoms with van der Waals surface area (Å²) in [6, 6.07) is 11.5. The number of rotatable bonds is 7. The van der Waals surface area contributed by atoms with Gasteiger partial charge in [-0.25, -0.2) is 4.98 Å². The fraction of sp³-hybridized carbons (Fsp3) is 0.167. The molecule has 0 aliphatic heterocycles. The van der Waals surface area contributed by atoms with Crippen molar-refractivity contribution in [3.05, 3.63) is 48.0 Å². The number of carbonyl (C=O) groups excluding carboxylic acids is 1. The van der Waals surface area contributed by atoms with Crippen molar-refractivity contribution in [2.24, 2.45) is 0 Å². The molecule has 3 aromatic heterocycles. The van der Waals surface area contributed by atoms with Gasteiger partial charge in [-0.05, 0) is 43.3 Å². The van der Waals surface area contributed by atoms with E-state index in [1.54, 1.807) is 16.1 Å². The quantitative estimate of drug-likeness (QED) is 0.465. The number of hydrogen-bond acceptors (Lipinski definition) is 8. The van der Waals surface area contributed by atoms with Gasteiger partial charge in [0.1, 0.15) is 5.75 Å². The second-order valence-electron chi connectivity index (χ2n) is 5.60. The molecule has 1 aromatic carbocycles. The molecule has 0 fully saturated rings. The van der Waals surface area contributed by atoms with E-state index < -0.39 is 0 Å². The molecule has 0 saturated heterocycles. The minimum Gasteiger partial charge on any atom is -0.494 e. The number of fused-ring (bicyclic) bond motifs is 1. The molecule has 0 aliphatic carbocycles. The van der Waals surface area contributed by atoms with Crippen molar-refractivity contribution < 1.29 is 9.53 Å². The van der Waals surface area contributed by atoms with Gasteiger partial charge in [0.05, 0.1) is 18.1 Å². The molecule has 28 heavy (non-hydrogen) atoms. The fourth-order valence-electron chi connectivity index (χ4n) is 2.47. The predicted molar refractivity (Wildman–Crippen MR) is 109 cm³/mol. The Bertz CT molecular complexity index is 1080. The third kappa shape index (κ3) is 4.12. The van der Waals surface area contributed by atoms with Crippen LogP contribution in [0, 0.1) is 0 Å². The summed E-state index contributed by atoms with van der Waals surface area (Å²) < 4.78 is 7.12. The first-order valence-corrected chi connectivity index (χ1v) is 10.4. The van der Waals surface area contributed by atoms with E-state index in [1.807, 2.05) is 43.3 Å². The van der Waals surface area contributed by atoms with Crippen LogP contribution in [0.25, 0.3) is 16.9 Å². The second kappa shape index (κ2) is 8.36. The van der Waals surface area contributed by atoms with Crippen molar-refractivity contribution in [2.45, 2.75) is 12.1 Å². The maximum Gasteiger partial charge on any atom is 0.236 e. The van der Waals surface area contributed by atoms with Gasteiger partial charge in [-0.3, -0.25) is 4.79 Å². The minimum absolute atomic E-state index is 0.153. The molecule has 0 bridgehead atoms. The Balaban J connectivity index is 1.50. The molecule has 0 unspecified atom stereocenters. The molecule has 0 aliphatic rings. The lowest BCUT2D eigenvalue weighted by Gasteiger charge is -2.05. The lowest BCUT2D eigenvalue weighted by Crippen LogP contribution is -2.14. The lowest BCUT2D eigenvalue weighted by molar-refractivity contribution is -0.113. The normalized spacial score (nSPS) is 10.9. The van der Waals surface area contributed by atoms with Gasteiger partial charge >= 0.3 is 0 Å². The monoisotopic (exact) mass is 412 g/mol. The number of thioether (sulfide) groups is 1. The first-order chi connectivity index (χ1) is 13.7. The Hall–Kier alpha value is -2.98. The molecule has 1 N–H and O–H groups in total. The van der Waals surface area contributed by atoms with Gasteiger partial charge in [0.25, 0.3) is 0 Å². The van der Waals surface area contributed by atoms with E-state index >= 15 is 0 Å². The molecule has 1 amide bonds. The van der Waals surface area contributed by atoms with Gasteiger partial charge in [0, 0.05) is 17.1 Å². The Morgan fingerprint density at radius 2 is 2.07 bits per heavy atom. The standard InChI is InChI=1S/C18H16N6O2S2/c1-2-26-13-5-3-12(4-6-13)14-7-8-15-21-22-18(24(15)23-14)28-11-16(25)20-17-19-9-10-27-17/h3-10H,2,11H2,1H3,(H,19,20,25). The van der Waals surface area contributed by atoms with Crippen LogP contribution in [0.15, 0.2) is 53.1 Å². The molecular formula is C18H16N6O2S2. The second-order valence-corrected chi connectivity index (χ2v) is 7.44. The number of anilines is 1. The highest BCUT2D eigenvalue weighted by atomic mass is 32.2. The molecule has 0 radical (unpaired) electrons. The van der Waals surface area contributed by atoms with Crippen LogP contribution in [-0.4, -0.2) is 43.1 Å². The van der Waals surface area contributed by atoms with Gasteiger partial charge in [0.15, 0.2) is 10.8 Å². The highest BCUT2D eigenvalue weighted by Gasteiger charge is 2.12. The van der Waals surface area contributed by atoms with Crippen LogP contribution >= 0.6 is 23.1 Å². The van der Waals surface area contributed by atoms with Crippen molar-refractivity contribution in [3.8, 4) is 17.0 Å². The van der Waals surface area contributed by atoms with Crippen LogP contribution in [0.4, 0.5) is 5.13 Å². The summed E-state index contributed by atoms with van der Waals surface area (Å²) in [4.78, 5) is 16.1. The number of carbonyl (C=O) groups is 1. The van der Waals surface area contributed by atoms with Gasteiger partial charge in [-0.15, -0.1) is 21.5 Å². The molecular weight excluding hydrogens is 396 g/mol. The molecule has 4 aromatic rings. The molecule has 4 rings (SSSR count). The Morgan fingerprint density at radius 3 is 2.82 bits per heavy atom. The summed E-state index contributed by atoms with van der Waals surface area (Å²) >= 11 is 2.65. The molecule has 8 nitrogen and oxygen atoms in total. The van der Waals surface area contributed by atoms with Crippen LogP contribution in [0.3, 0.4) is 0 Å². The average Bonchev–Trinajstić information content (AvgIpc) is 3.36. The topological polar surface area (TPSA) is 94.3 Å². The lowest BCUT2D eigenvalue weighted by atomic mass is 10.1.